The second kappa shape index (κ2) is 5.03. The smallest absolute Gasteiger partial charge is 0.503 e. The van der Waals surface area contributed by atoms with E-state index in [1.165, 1.54) is 0 Å². The van der Waals surface area contributed by atoms with Crippen molar-refractivity contribution in [2.24, 2.45) is 0 Å². The van der Waals surface area contributed by atoms with Crippen LogP contribution in [-0.4, -0.2) is 16.5 Å². The molecular formula is C8H5BrF5NO2. The summed E-state index contributed by atoms with van der Waals surface area (Å²) in [4.78, 5) is 3.00. The van der Waals surface area contributed by atoms with Crippen molar-refractivity contribution in [2.45, 2.75) is 18.1 Å². The van der Waals surface area contributed by atoms with Gasteiger partial charge in [0, 0.05) is 22.7 Å². The van der Waals surface area contributed by atoms with Crippen molar-refractivity contribution in [3.63, 3.8) is 0 Å². The molecule has 1 aromatic heterocycles. The molecule has 0 fully saturated rings. The highest BCUT2D eigenvalue weighted by Gasteiger charge is 2.34. The molecule has 1 rings (SSSR count). The number of alkyl halides is 6. The van der Waals surface area contributed by atoms with Crippen LogP contribution in [0, 0.1) is 0 Å². The number of pyridine rings is 1. The van der Waals surface area contributed by atoms with Gasteiger partial charge in [0.25, 0.3) is 12.3 Å². The summed E-state index contributed by atoms with van der Waals surface area (Å²) in [6.45, 7) is 0. The van der Waals surface area contributed by atoms with Gasteiger partial charge >= 0.3 is 6.36 Å². The van der Waals surface area contributed by atoms with Gasteiger partial charge in [-0.15, -0.1) is 13.2 Å². The summed E-state index contributed by atoms with van der Waals surface area (Å²) in [5, 5.41) is 9.08. The monoisotopic (exact) mass is 321 g/mol. The second-order valence-electron chi connectivity index (χ2n) is 2.83. The summed E-state index contributed by atoms with van der Waals surface area (Å²) in [5.41, 5.74) is -1.05. The Labute approximate surface area is 100 Å². The van der Waals surface area contributed by atoms with Crippen molar-refractivity contribution in [1.82, 2.24) is 4.98 Å². The van der Waals surface area contributed by atoms with Crippen LogP contribution >= 0.6 is 15.9 Å². The summed E-state index contributed by atoms with van der Waals surface area (Å²) in [6, 6.07) is 0. The molecule has 0 amide bonds. The van der Waals surface area contributed by atoms with Crippen molar-refractivity contribution < 1.29 is 31.8 Å². The van der Waals surface area contributed by atoms with Crippen LogP contribution in [0.3, 0.4) is 0 Å². The minimum atomic E-state index is -5.06. The number of nitrogens with zero attached hydrogens (tertiary/aromatic N) is 1. The first kappa shape index (κ1) is 13.9. The van der Waals surface area contributed by atoms with Crippen LogP contribution in [0.1, 0.15) is 17.6 Å². The van der Waals surface area contributed by atoms with Crippen LogP contribution < -0.4 is 4.74 Å². The van der Waals surface area contributed by atoms with Gasteiger partial charge in [0.2, 0.25) is 0 Å². The lowest BCUT2D eigenvalue weighted by Crippen LogP contribution is -2.18. The van der Waals surface area contributed by atoms with Crippen LogP contribution in [0.2, 0.25) is 0 Å². The Morgan fingerprint density at radius 2 is 2.00 bits per heavy atom. The normalized spacial score (nSPS) is 11.9. The molecule has 0 atom stereocenters. The zero-order valence-corrected chi connectivity index (χ0v) is 9.52. The van der Waals surface area contributed by atoms with Gasteiger partial charge in [-0.3, -0.25) is 0 Å². The van der Waals surface area contributed by atoms with E-state index >= 15 is 0 Å². The van der Waals surface area contributed by atoms with Crippen molar-refractivity contribution in [2.75, 3.05) is 0 Å². The van der Waals surface area contributed by atoms with Crippen molar-refractivity contribution >= 4 is 15.9 Å². The third kappa shape index (κ3) is 3.42. The number of aromatic hydroxyl groups is 1. The summed E-state index contributed by atoms with van der Waals surface area (Å²) < 4.78 is 63.9. The number of hydrogen-bond donors (Lipinski definition) is 1. The third-order valence-corrected chi connectivity index (χ3v) is 2.30. The van der Waals surface area contributed by atoms with Crippen LogP contribution in [0.5, 0.6) is 11.6 Å². The molecule has 0 aliphatic rings. The lowest BCUT2D eigenvalue weighted by atomic mass is 10.1. The second-order valence-corrected chi connectivity index (χ2v) is 3.39. The maximum absolute atomic E-state index is 12.4. The molecule has 0 aliphatic heterocycles. The zero-order chi connectivity index (χ0) is 13.2. The Kier molecular flexibility index (Phi) is 4.12. The first-order chi connectivity index (χ1) is 7.76. The van der Waals surface area contributed by atoms with E-state index in [1.807, 2.05) is 0 Å². The molecule has 0 bridgehead atoms. The van der Waals surface area contributed by atoms with Gasteiger partial charge in [-0.2, -0.15) is 0 Å². The molecule has 17 heavy (non-hydrogen) atoms. The minimum absolute atomic E-state index is 0.255. The van der Waals surface area contributed by atoms with E-state index in [-0.39, 0.29) is 5.33 Å². The summed E-state index contributed by atoms with van der Waals surface area (Å²) in [5.74, 6) is -2.21. The molecule has 1 heterocycles. The number of aromatic nitrogens is 1. The van der Waals surface area contributed by atoms with Crippen LogP contribution in [0.15, 0.2) is 6.20 Å². The number of rotatable bonds is 3. The largest absolute Gasteiger partial charge is 0.574 e. The predicted octanol–water partition coefficient (Wildman–Crippen LogP) is 3.52. The molecular weight excluding hydrogens is 317 g/mol. The SMILES string of the molecule is Oc1c(OC(F)(F)F)ncc(C(F)F)c1CBr. The molecule has 0 radical (unpaired) electrons. The van der Waals surface area contributed by atoms with Gasteiger partial charge in [0.15, 0.2) is 5.75 Å². The zero-order valence-electron chi connectivity index (χ0n) is 7.93. The molecule has 0 unspecified atom stereocenters. The fraction of sp³-hybridized carbons (Fsp3) is 0.375. The fourth-order valence-corrected chi connectivity index (χ4v) is 1.64. The standard InChI is InChI=1S/C8H5BrF5NO2/c9-1-3-4(6(10)11)2-15-7(5(3)16)17-8(12,13)14/h2,6,16H,1H2. The van der Waals surface area contributed by atoms with E-state index in [2.05, 4.69) is 25.7 Å². The highest BCUT2D eigenvalue weighted by Crippen LogP contribution is 2.37. The van der Waals surface area contributed by atoms with Gasteiger partial charge in [0.1, 0.15) is 0 Å². The minimum Gasteiger partial charge on any atom is -0.503 e. The van der Waals surface area contributed by atoms with Crippen LogP contribution in [0.25, 0.3) is 0 Å². The highest BCUT2D eigenvalue weighted by atomic mass is 79.9. The molecule has 0 saturated carbocycles. The molecule has 96 valence electrons. The maximum Gasteiger partial charge on any atom is 0.574 e. The van der Waals surface area contributed by atoms with Crippen molar-refractivity contribution in [3.05, 3.63) is 17.3 Å². The Morgan fingerprint density at radius 3 is 2.41 bits per heavy atom. The molecule has 0 aromatic carbocycles. The van der Waals surface area contributed by atoms with Gasteiger partial charge in [-0.25, -0.2) is 13.8 Å². The Morgan fingerprint density at radius 1 is 1.41 bits per heavy atom. The van der Waals surface area contributed by atoms with Gasteiger partial charge in [-0.1, -0.05) is 15.9 Å². The predicted molar refractivity (Wildman–Crippen MR) is 50.2 cm³/mol. The van der Waals surface area contributed by atoms with Gasteiger partial charge in [-0.05, 0) is 0 Å². The molecule has 1 aromatic rings. The van der Waals surface area contributed by atoms with Crippen molar-refractivity contribution in [3.8, 4) is 11.6 Å². The number of halogens is 6. The lowest BCUT2D eigenvalue weighted by molar-refractivity contribution is -0.276. The highest BCUT2D eigenvalue weighted by molar-refractivity contribution is 9.08. The maximum atomic E-state index is 12.4. The fourth-order valence-electron chi connectivity index (χ4n) is 1.05. The number of ether oxygens (including phenoxy) is 1. The van der Waals surface area contributed by atoms with E-state index in [1.54, 1.807) is 0 Å². The first-order valence-corrected chi connectivity index (χ1v) is 5.19. The first-order valence-electron chi connectivity index (χ1n) is 4.07. The van der Waals surface area contributed by atoms with Crippen molar-refractivity contribution in [1.29, 1.82) is 0 Å². The molecule has 3 nitrogen and oxygen atoms in total. The molecule has 0 saturated heterocycles. The Balaban J connectivity index is 3.20. The van der Waals surface area contributed by atoms with Crippen LogP contribution in [0.4, 0.5) is 22.0 Å². The van der Waals surface area contributed by atoms with E-state index in [0.29, 0.717) is 6.20 Å². The lowest BCUT2D eigenvalue weighted by Gasteiger charge is -2.13. The molecule has 9 heteroatoms. The quantitative estimate of drug-likeness (QED) is 0.684. The van der Waals surface area contributed by atoms with Gasteiger partial charge < -0.3 is 9.84 Å². The van der Waals surface area contributed by atoms with Gasteiger partial charge in [0.05, 0.1) is 0 Å². The molecule has 0 aliphatic carbocycles. The molecule has 0 spiro atoms. The summed E-state index contributed by atoms with van der Waals surface area (Å²) in [6.07, 6.45) is -7.48. The summed E-state index contributed by atoms with van der Waals surface area (Å²) >= 11 is 2.78. The summed E-state index contributed by atoms with van der Waals surface area (Å²) in [7, 11) is 0. The topological polar surface area (TPSA) is 42.4 Å². The Hall–Kier alpha value is -1.12. The van der Waals surface area contributed by atoms with Crippen LogP contribution in [-0.2, 0) is 5.33 Å². The van der Waals surface area contributed by atoms with E-state index < -0.39 is 35.5 Å². The average molecular weight is 322 g/mol. The third-order valence-electron chi connectivity index (χ3n) is 1.74. The van der Waals surface area contributed by atoms with E-state index in [9.17, 15) is 27.1 Å². The number of hydrogen-bond acceptors (Lipinski definition) is 3. The average Bonchev–Trinajstić information content (AvgIpc) is 2.18. The van der Waals surface area contributed by atoms with E-state index in [0.717, 1.165) is 0 Å². The Bertz CT molecular complexity index is 410. The van der Waals surface area contributed by atoms with E-state index in [4.69, 9.17) is 0 Å². The molecule has 1 N–H and O–H groups in total.